The molecule has 2 aliphatic rings. The second-order valence-electron chi connectivity index (χ2n) is 5.89. The van der Waals surface area contributed by atoms with Gasteiger partial charge in [-0.3, -0.25) is 10.2 Å². The van der Waals surface area contributed by atoms with Gasteiger partial charge in [0.25, 0.3) is 5.91 Å². The second kappa shape index (κ2) is 6.27. The lowest BCUT2D eigenvalue weighted by Gasteiger charge is -2.27. The largest absolute Gasteiger partial charge is 0.454 e. The van der Waals surface area contributed by atoms with Crippen molar-refractivity contribution in [2.45, 2.75) is 26.3 Å². The van der Waals surface area contributed by atoms with E-state index in [1.54, 1.807) is 23.1 Å². The van der Waals surface area contributed by atoms with Gasteiger partial charge in [0.1, 0.15) is 0 Å². The van der Waals surface area contributed by atoms with Crippen LogP contribution in [0, 0.1) is 0 Å². The van der Waals surface area contributed by atoms with E-state index in [1.807, 2.05) is 0 Å². The Morgan fingerprint density at radius 3 is 2.82 bits per heavy atom. The smallest absolute Gasteiger partial charge is 0.269 e. The molecule has 22 heavy (non-hydrogen) atoms. The van der Waals surface area contributed by atoms with Gasteiger partial charge in [0.05, 0.1) is 19.1 Å². The molecule has 0 bridgehead atoms. The molecule has 0 radical (unpaired) electrons. The molecule has 6 nitrogen and oxygen atoms in total. The highest BCUT2D eigenvalue weighted by molar-refractivity contribution is 5.94. The van der Waals surface area contributed by atoms with Crippen molar-refractivity contribution < 1.29 is 19.2 Å². The lowest BCUT2D eigenvalue weighted by atomic mass is 10.1. The van der Waals surface area contributed by atoms with Gasteiger partial charge in [-0.15, -0.1) is 0 Å². The number of hydrazine groups is 1. The van der Waals surface area contributed by atoms with Crippen molar-refractivity contribution >= 4 is 5.91 Å². The Bertz CT molecular complexity index is 598. The van der Waals surface area contributed by atoms with E-state index in [0.717, 1.165) is 25.2 Å². The van der Waals surface area contributed by atoms with Crippen LogP contribution in [0.5, 0.6) is 11.5 Å². The number of ether oxygens (including phenoxy) is 2. The van der Waals surface area contributed by atoms with E-state index >= 15 is 0 Å². The van der Waals surface area contributed by atoms with Crippen LogP contribution in [0.4, 0.5) is 0 Å². The predicted octanol–water partition coefficient (Wildman–Crippen LogP) is 0.231. The second-order valence-corrected chi connectivity index (χ2v) is 5.89. The van der Waals surface area contributed by atoms with Gasteiger partial charge in [-0.25, -0.2) is 0 Å². The molecule has 1 atom stereocenters. The summed E-state index contributed by atoms with van der Waals surface area (Å²) in [5.41, 5.74) is 7.38. The third kappa shape index (κ3) is 3.17. The molecule has 3 rings (SSSR count). The highest BCUT2D eigenvalue weighted by Crippen LogP contribution is 2.32. The maximum Gasteiger partial charge on any atom is 0.269 e. The molecule has 2 heterocycles. The summed E-state index contributed by atoms with van der Waals surface area (Å²) in [7, 11) is 0. The maximum absolute atomic E-state index is 12.2. The first-order valence-electron chi connectivity index (χ1n) is 7.63. The molecule has 3 N–H and O–H groups in total. The molecule has 2 aliphatic heterocycles. The number of nitrogens with one attached hydrogen (secondary N) is 3. The van der Waals surface area contributed by atoms with Crippen LogP contribution in [-0.2, 0) is 0 Å². The molecule has 1 aromatic rings. The molecule has 1 amide bonds. The van der Waals surface area contributed by atoms with Gasteiger partial charge in [-0.2, -0.15) is 0 Å². The molecular formula is C16H22N3O3+. The van der Waals surface area contributed by atoms with E-state index < -0.39 is 0 Å². The molecule has 0 aliphatic carbocycles. The Kier molecular flexibility index (Phi) is 4.20. The SMILES string of the molecule is CC(C)[NH+]1CC=C(NNC(=O)c2ccc3c(c2)OCO3)CC1. The van der Waals surface area contributed by atoms with Crippen LogP contribution < -0.4 is 25.2 Å². The number of quaternary nitrogens is 1. The Morgan fingerprint density at radius 1 is 1.27 bits per heavy atom. The van der Waals surface area contributed by atoms with Crippen LogP contribution in [-0.4, -0.2) is 31.8 Å². The lowest BCUT2D eigenvalue weighted by molar-refractivity contribution is -0.917. The quantitative estimate of drug-likeness (QED) is 0.697. The number of amides is 1. The van der Waals surface area contributed by atoms with Gasteiger partial charge in [0.15, 0.2) is 11.5 Å². The number of carbonyl (C=O) groups is 1. The third-order valence-corrected chi connectivity index (χ3v) is 4.11. The minimum atomic E-state index is -0.183. The molecular weight excluding hydrogens is 282 g/mol. The molecule has 0 spiro atoms. The molecule has 0 saturated heterocycles. The summed E-state index contributed by atoms with van der Waals surface area (Å²) in [4.78, 5) is 13.7. The molecule has 0 saturated carbocycles. The summed E-state index contributed by atoms with van der Waals surface area (Å²) in [6.45, 7) is 6.72. The van der Waals surface area contributed by atoms with Crippen LogP contribution in [0.25, 0.3) is 0 Å². The predicted molar refractivity (Wildman–Crippen MR) is 81.7 cm³/mol. The van der Waals surface area contributed by atoms with Crippen molar-refractivity contribution in [1.29, 1.82) is 0 Å². The summed E-state index contributed by atoms with van der Waals surface area (Å²) in [5.74, 6) is 1.11. The van der Waals surface area contributed by atoms with E-state index in [1.165, 1.54) is 0 Å². The van der Waals surface area contributed by atoms with Gasteiger partial charge in [0.2, 0.25) is 6.79 Å². The van der Waals surface area contributed by atoms with Crippen molar-refractivity contribution in [2.75, 3.05) is 19.9 Å². The average Bonchev–Trinajstić information content (AvgIpc) is 3.00. The summed E-state index contributed by atoms with van der Waals surface area (Å²) in [5, 5.41) is 0. The zero-order valence-corrected chi connectivity index (χ0v) is 12.9. The number of benzene rings is 1. The first kappa shape index (κ1) is 14.7. The molecule has 1 aromatic carbocycles. The highest BCUT2D eigenvalue weighted by atomic mass is 16.7. The van der Waals surface area contributed by atoms with Crippen LogP contribution in [0.15, 0.2) is 30.0 Å². The summed E-state index contributed by atoms with van der Waals surface area (Å²) in [6.07, 6.45) is 3.09. The van der Waals surface area contributed by atoms with E-state index in [0.29, 0.717) is 23.1 Å². The Morgan fingerprint density at radius 2 is 2.09 bits per heavy atom. The van der Waals surface area contributed by atoms with Crippen LogP contribution in [0.3, 0.4) is 0 Å². The van der Waals surface area contributed by atoms with Gasteiger partial charge in [-0.1, -0.05) is 0 Å². The van der Waals surface area contributed by atoms with Gasteiger partial charge >= 0.3 is 0 Å². The van der Waals surface area contributed by atoms with Crippen molar-refractivity contribution in [3.05, 3.63) is 35.5 Å². The van der Waals surface area contributed by atoms with Crippen LogP contribution >= 0.6 is 0 Å². The fraction of sp³-hybridized carbons (Fsp3) is 0.438. The number of hydrogen-bond acceptors (Lipinski definition) is 4. The summed E-state index contributed by atoms with van der Waals surface area (Å²) < 4.78 is 10.5. The van der Waals surface area contributed by atoms with E-state index in [-0.39, 0.29) is 12.7 Å². The minimum Gasteiger partial charge on any atom is -0.454 e. The molecule has 6 heteroatoms. The first-order valence-corrected chi connectivity index (χ1v) is 7.63. The van der Waals surface area contributed by atoms with E-state index in [9.17, 15) is 4.79 Å². The number of rotatable bonds is 4. The highest BCUT2D eigenvalue weighted by Gasteiger charge is 2.19. The van der Waals surface area contributed by atoms with Crippen LogP contribution in [0.1, 0.15) is 30.6 Å². The van der Waals surface area contributed by atoms with Gasteiger partial charge < -0.3 is 19.8 Å². The Hall–Kier alpha value is -2.21. The number of hydrogen-bond donors (Lipinski definition) is 3. The average molecular weight is 304 g/mol. The first-order chi connectivity index (χ1) is 10.6. The van der Waals surface area contributed by atoms with Gasteiger partial charge in [-0.05, 0) is 38.1 Å². The monoisotopic (exact) mass is 304 g/mol. The van der Waals surface area contributed by atoms with Crippen molar-refractivity contribution in [3.8, 4) is 11.5 Å². The molecule has 1 unspecified atom stereocenters. The van der Waals surface area contributed by atoms with E-state index in [4.69, 9.17) is 9.47 Å². The summed E-state index contributed by atoms with van der Waals surface area (Å²) in [6, 6.07) is 5.80. The topological polar surface area (TPSA) is 64.0 Å². The van der Waals surface area contributed by atoms with Crippen molar-refractivity contribution in [1.82, 2.24) is 10.9 Å². The number of carbonyl (C=O) groups excluding carboxylic acids is 1. The third-order valence-electron chi connectivity index (χ3n) is 4.11. The van der Waals surface area contributed by atoms with Crippen LogP contribution in [0.2, 0.25) is 0 Å². The lowest BCUT2D eigenvalue weighted by Crippen LogP contribution is -3.15. The van der Waals surface area contributed by atoms with Crippen molar-refractivity contribution in [3.63, 3.8) is 0 Å². The van der Waals surface area contributed by atoms with E-state index in [2.05, 4.69) is 30.8 Å². The van der Waals surface area contributed by atoms with Gasteiger partial charge in [0, 0.05) is 17.7 Å². The zero-order chi connectivity index (χ0) is 15.5. The minimum absolute atomic E-state index is 0.183. The number of fused-ring (bicyclic) bond motifs is 1. The fourth-order valence-corrected chi connectivity index (χ4v) is 2.64. The molecule has 118 valence electrons. The Labute approximate surface area is 130 Å². The maximum atomic E-state index is 12.2. The molecule has 0 fully saturated rings. The molecule has 0 aromatic heterocycles. The fourth-order valence-electron chi connectivity index (χ4n) is 2.64. The summed E-state index contributed by atoms with van der Waals surface area (Å²) >= 11 is 0. The standard InChI is InChI=1S/C16H21N3O3/c1-11(2)19-7-5-13(6-8-19)17-18-16(20)12-3-4-14-15(9-12)22-10-21-14/h3-5,9,11,17H,6-8,10H2,1-2H3,(H,18,20)/p+1. The van der Waals surface area contributed by atoms with Crippen molar-refractivity contribution in [2.24, 2.45) is 0 Å². The zero-order valence-electron chi connectivity index (χ0n) is 12.9. The normalized spacial score (nSPS) is 19.8. The Balaban J connectivity index is 1.55.